The van der Waals surface area contributed by atoms with E-state index in [1.54, 1.807) is 0 Å². The van der Waals surface area contributed by atoms with Gasteiger partial charge < -0.3 is 15.4 Å². The van der Waals surface area contributed by atoms with Crippen LogP contribution in [0.25, 0.3) is 0 Å². The zero-order valence-corrected chi connectivity index (χ0v) is 15.7. The van der Waals surface area contributed by atoms with Crippen molar-refractivity contribution in [2.45, 2.75) is 19.9 Å². The van der Waals surface area contributed by atoms with Crippen molar-refractivity contribution >= 4 is 11.8 Å². The SMILES string of the molecule is CC(C)NC(=O)CNC(=O)CN1CCN(CCOc2ccccc2)CC1. The van der Waals surface area contributed by atoms with Gasteiger partial charge in [0.05, 0.1) is 13.1 Å². The molecule has 0 saturated carbocycles. The third-order valence-corrected chi connectivity index (χ3v) is 4.15. The minimum atomic E-state index is -0.156. The van der Waals surface area contributed by atoms with E-state index < -0.39 is 0 Å². The first-order chi connectivity index (χ1) is 12.5. The van der Waals surface area contributed by atoms with Crippen LogP contribution in [0.15, 0.2) is 30.3 Å². The molecule has 26 heavy (non-hydrogen) atoms. The maximum Gasteiger partial charge on any atom is 0.239 e. The van der Waals surface area contributed by atoms with Gasteiger partial charge in [0.15, 0.2) is 0 Å². The first kappa shape index (κ1) is 20.2. The van der Waals surface area contributed by atoms with Gasteiger partial charge in [0.25, 0.3) is 0 Å². The molecule has 2 amide bonds. The molecule has 7 nitrogen and oxygen atoms in total. The summed E-state index contributed by atoms with van der Waals surface area (Å²) >= 11 is 0. The number of hydrogen-bond acceptors (Lipinski definition) is 5. The third kappa shape index (κ3) is 7.84. The van der Waals surface area contributed by atoms with Crippen molar-refractivity contribution < 1.29 is 14.3 Å². The molecule has 0 atom stereocenters. The Kier molecular flexibility index (Phi) is 8.37. The Hall–Kier alpha value is -2.12. The van der Waals surface area contributed by atoms with Crippen LogP contribution in [-0.2, 0) is 9.59 Å². The van der Waals surface area contributed by atoms with E-state index >= 15 is 0 Å². The Morgan fingerprint density at radius 1 is 1.04 bits per heavy atom. The fourth-order valence-corrected chi connectivity index (χ4v) is 2.79. The fourth-order valence-electron chi connectivity index (χ4n) is 2.79. The number of hydrogen-bond donors (Lipinski definition) is 2. The van der Waals surface area contributed by atoms with Crippen molar-refractivity contribution in [1.82, 2.24) is 20.4 Å². The number of ether oxygens (including phenoxy) is 1. The van der Waals surface area contributed by atoms with E-state index in [9.17, 15) is 9.59 Å². The zero-order chi connectivity index (χ0) is 18.8. The average Bonchev–Trinajstić information content (AvgIpc) is 2.62. The lowest BCUT2D eigenvalue weighted by Crippen LogP contribution is -2.51. The molecule has 1 aromatic carbocycles. The fraction of sp³-hybridized carbons (Fsp3) is 0.579. The van der Waals surface area contributed by atoms with Crippen molar-refractivity contribution in [3.05, 3.63) is 30.3 Å². The molecule has 0 spiro atoms. The molecule has 0 aromatic heterocycles. The van der Waals surface area contributed by atoms with Gasteiger partial charge in [-0.3, -0.25) is 19.4 Å². The first-order valence-corrected chi connectivity index (χ1v) is 9.21. The summed E-state index contributed by atoms with van der Waals surface area (Å²) in [5.41, 5.74) is 0. The van der Waals surface area contributed by atoms with Crippen molar-refractivity contribution in [2.24, 2.45) is 0 Å². The van der Waals surface area contributed by atoms with Gasteiger partial charge in [-0.25, -0.2) is 0 Å². The van der Waals surface area contributed by atoms with Gasteiger partial charge in [0, 0.05) is 38.8 Å². The van der Waals surface area contributed by atoms with Gasteiger partial charge in [-0.15, -0.1) is 0 Å². The molecular formula is C19H30N4O3. The number of para-hydroxylation sites is 1. The summed E-state index contributed by atoms with van der Waals surface area (Å²) < 4.78 is 5.72. The Morgan fingerprint density at radius 3 is 2.35 bits per heavy atom. The van der Waals surface area contributed by atoms with Crippen molar-refractivity contribution in [3.63, 3.8) is 0 Å². The van der Waals surface area contributed by atoms with Gasteiger partial charge in [-0.05, 0) is 26.0 Å². The van der Waals surface area contributed by atoms with Crippen molar-refractivity contribution in [1.29, 1.82) is 0 Å². The maximum atomic E-state index is 11.9. The Labute approximate surface area is 155 Å². The van der Waals surface area contributed by atoms with Gasteiger partial charge in [0.2, 0.25) is 11.8 Å². The van der Waals surface area contributed by atoms with E-state index in [0.29, 0.717) is 13.2 Å². The van der Waals surface area contributed by atoms with Crippen molar-refractivity contribution in [2.75, 3.05) is 52.4 Å². The Balaban J connectivity index is 1.56. The van der Waals surface area contributed by atoms with Gasteiger partial charge >= 0.3 is 0 Å². The second-order valence-electron chi connectivity index (χ2n) is 6.78. The zero-order valence-electron chi connectivity index (χ0n) is 15.7. The van der Waals surface area contributed by atoms with Crippen molar-refractivity contribution in [3.8, 4) is 5.75 Å². The molecule has 0 radical (unpaired) electrons. The second-order valence-corrected chi connectivity index (χ2v) is 6.78. The molecule has 1 saturated heterocycles. The van der Waals surface area contributed by atoms with Crippen LogP contribution in [0.1, 0.15) is 13.8 Å². The normalized spacial score (nSPS) is 15.7. The van der Waals surface area contributed by atoms with Crippen LogP contribution in [0.3, 0.4) is 0 Å². The first-order valence-electron chi connectivity index (χ1n) is 9.21. The molecule has 0 bridgehead atoms. The van der Waals surface area contributed by atoms with Crippen LogP contribution in [-0.4, -0.2) is 80.1 Å². The maximum absolute atomic E-state index is 11.9. The summed E-state index contributed by atoms with van der Waals surface area (Å²) in [4.78, 5) is 27.9. The average molecular weight is 362 g/mol. The van der Waals surface area contributed by atoms with Crippen LogP contribution in [0.5, 0.6) is 5.75 Å². The summed E-state index contributed by atoms with van der Waals surface area (Å²) in [5, 5.41) is 5.43. The lowest BCUT2D eigenvalue weighted by atomic mass is 10.3. The lowest BCUT2D eigenvalue weighted by Gasteiger charge is -2.34. The van der Waals surface area contributed by atoms with Crippen LogP contribution in [0.2, 0.25) is 0 Å². The molecule has 1 aromatic rings. The van der Waals surface area contributed by atoms with Crippen LogP contribution >= 0.6 is 0 Å². The largest absolute Gasteiger partial charge is 0.492 e. The molecular weight excluding hydrogens is 332 g/mol. The number of nitrogens with one attached hydrogen (secondary N) is 2. The van der Waals surface area contributed by atoms with Crippen LogP contribution in [0.4, 0.5) is 0 Å². The number of nitrogens with zero attached hydrogens (tertiary/aromatic N) is 2. The Bertz CT molecular complexity index is 557. The molecule has 1 fully saturated rings. The number of benzene rings is 1. The summed E-state index contributed by atoms with van der Waals surface area (Å²) in [6, 6.07) is 9.89. The van der Waals surface area contributed by atoms with Gasteiger partial charge in [-0.1, -0.05) is 18.2 Å². The lowest BCUT2D eigenvalue weighted by molar-refractivity contribution is -0.127. The summed E-state index contributed by atoms with van der Waals surface area (Å²) in [7, 11) is 0. The molecule has 1 heterocycles. The van der Waals surface area contributed by atoms with E-state index in [4.69, 9.17) is 4.74 Å². The number of carbonyl (C=O) groups is 2. The molecule has 0 aliphatic carbocycles. The number of rotatable bonds is 9. The highest BCUT2D eigenvalue weighted by atomic mass is 16.5. The highest BCUT2D eigenvalue weighted by molar-refractivity contribution is 5.85. The molecule has 2 N–H and O–H groups in total. The minimum absolute atomic E-state index is 0.0355. The summed E-state index contributed by atoms with van der Waals surface area (Å²) in [6.07, 6.45) is 0. The molecule has 7 heteroatoms. The molecule has 144 valence electrons. The summed E-state index contributed by atoms with van der Waals surface area (Å²) in [5.74, 6) is 0.630. The quantitative estimate of drug-likeness (QED) is 0.662. The highest BCUT2D eigenvalue weighted by Gasteiger charge is 2.19. The Morgan fingerprint density at radius 2 is 1.69 bits per heavy atom. The van der Waals surface area contributed by atoms with E-state index in [2.05, 4.69) is 20.4 Å². The number of carbonyl (C=O) groups excluding carboxylic acids is 2. The van der Waals surface area contributed by atoms with E-state index in [-0.39, 0.29) is 24.4 Å². The molecule has 1 aliphatic rings. The smallest absolute Gasteiger partial charge is 0.239 e. The third-order valence-electron chi connectivity index (χ3n) is 4.15. The molecule has 1 aliphatic heterocycles. The van der Waals surface area contributed by atoms with Gasteiger partial charge in [0.1, 0.15) is 12.4 Å². The van der Waals surface area contributed by atoms with E-state index in [1.165, 1.54) is 0 Å². The predicted octanol–water partition coefficient (Wildman–Crippen LogP) is 0.324. The predicted molar refractivity (Wildman–Crippen MR) is 101 cm³/mol. The second kappa shape index (κ2) is 10.8. The monoisotopic (exact) mass is 362 g/mol. The topological polar surface area (TPSA) is 73.9 Å². The minimum Gasteiger partial charge on any atom is -0.492 e. The summed E-state index contributed by atoms with van der Waals surface area (Å²) in [6.45, 7) is 9.22. The standard InChI is InChI=1S/C19H30N4O3/c1-16(2)21-18(24)14-20-19(25)15-23-10-8-22(9-11-23)12-13-26-17-6-4-3-5-7-17/h3-7,16H,8-15H2,1-2H3,(H,20,25)(H,21,24). The highest BCUT2D eigenvalue weighted by Crippen LogP contribution is 2.08. The number of amides is 2. The van der Waals surface area contributed by atoms with Gasteiger partial charge in [-0.2, -0.15) is 0 Å². The molecule has 0 unspecified atom stereocenters. The van der Waals surface area contributed by atoms with E-state index in [1.807, 2.05) is 44.2 Å². The van der Waals surface area contributed by atoms with Crippen LogP contribution in [0, 0.1) is 0 Å². The van der Waals surface area contributed by atoms with E-state index in [0.717, 1.165) is 38.5 Å². The number of piperazine rings is 1. The molecule has 2 rings (SSSR count). The van der Waals surface area contributed by atoms with Crippen LogP contribution < -0.4 is 15.4 Å².